The van der Waals surface area contributed by atoms with Gasteiger partial charge < -0.3 is 30.4 Å². The molecular formula is C15H21N5O10. The molecule has 0 radical (unpaired) electrons. The number of ether oxygens (including phenoxy) is 3. The van der Waals surface area contributed by atoms with Gasteiger partial charge in [-0.15, -0.1) is 0 Å². The van der Waals surface area contributed by atoms with Gasteiger partial charge in [-0.2, -0.15) is 4.98 Å². The average molecular weight is 431 g/mol. The van der Waals surface area contributed by atoms with Gasteiger partial charge in [0, 0.05) is 20.8 Å². The summed E-state index contributed by atoms with van der Waals surface area (Å²) in [5.74, 6) is -3.49. The van der Waals surface area contributed by atoms with Crippen LogP contribution in [-0.2, 0) is 28.6 Å². The van der Waals surface area contributed by atoms with E-state index in [1.165, 1.54) is 0 Å². The molecular weight excluding hydrogens is 410 g/mol. The summed E-state index contributed by atoms with van der Waals surface area (Å²) in [6.07, 6.45) is -4.33. The van der Waals surface area contributed by atoms with E-state index < -0.39 is 77.3 Å². The Balaban J connectivity index is 3.28. The second-order valence-electron chi connectivity index (χ2n) is 5.84. The number of nitro groups is 1. The van der Waals surface area contributed by atoms with E-state index in [1.807, 2.05) is 4.98 Å². The maximum atomic E-state index is 11.8. The van der Waals surface area contributed by atoms with Gasteiger partial charge in [-0.3, -0.25) is 34.3 Å². The molecule has 0 aliphatic rings. The molecule has 0 aliphatic carbocycles. The summed E-state index contributed by atoms with van der Waals surface area (Å²) < 4.78 is 15.0. The molecule has 0 aromatic carbocycles. The smallest absolute Gasteiger partial charge is 0.375 e. The first-order chi connectivity index (χ1) is 14.0. The topological polar surface area (TPSA) is 226 Å². The minimum absolute atomic E-state index is 0.429. The summed E-state index contributed by atoms with van der Waals surface area (Å²) in [6.45, 7) is 1.80. The summed E-state index contributed by atoms with van der Waals surface area (Å²) in [7, 11) is 0. The van der Waals surface area contributed by atoms with E-state index in [0.717, 1.165) is 20.8 Å². The van der Waals surface area contributed by atoms with Gasteiger partial charge >= 0.3 is 29.2 Å². The van der Waals surface area contributed by atoms with E-state index >= 15 is 0 Å². The van der Waals surface area contributed by atoms with Crippen molar-refractivity contribution in [1.29, 1.82) is 0 Å². The third kappa shape index (κ3) is 7.01. The lowest BCUT2D eigenvalue weighted by molar-refractivity contribution is -0.385. The van der Waals surface area contributed by atoms with Gasteiger partial charge in [0.05, 0.1) is 18.1 Å². The number of aliphatic hydroxyl groups is 1. The van der Waals surface area contributed by atoms with Crippen molar-refractivity contribution in [3.63, 3.8) is 0 Å². The lowest BCUT2D eigenvalue weighted by Crippen LogP contribution is -2.49. The Kier molecular flexibility index (Phi) is 8.66. The van der Waals surface area contributed by atoms with E-state index in [-0.39, 0.29) is 0 Å². The van der Waals surface area contributed by atoms with Gasteiger partial charge in [0.2, 0.25) is 11.8 Å². The highest BCUT2D eigenvalue weighted by molar-refractivity contribution is 5.68. The van der Waals surface area contributed by atoms with Crippen molar-refractivity contribution in [2.24, 2.45) is 0 Å². The summed E-state index contributed by atoms with van der Waals surface area (Å²) in [4.78, 5) is 61.8. The Morgan fingerprint density at radius 2 is 1.70 bits per heavy atom. The molecule has 1 rings (SSSR count). The largest absolute Gasteiger partial charge is 0.457 e. The van der Waals surface area contributed by atoms with Crippen LogP contribution < -0.4 is 16.6 Å². The zero-order valence-electron chi connectivity index (χ0n) is 16.2. The fourth-order valence-electron chi connectivity index (χ4n) is 2.42. The van der Waals surface area contributed by atoms with Crippen molar-refractivity contribution in [2.75, 3.05) is 24.2 Å². The minimum atomic E-state index is -1.49. The minimum Gasteiger partial charge on any atom is -0.457 e. The van der Waals surface area contributed by atoms with Gasteiger partial charge in [0.25, 0.3) is 0 Å². The number of nitrogens with zero attached hydrogens (tertiary/aromatic N) is 2. The molecule has 15 nitrogen and oxygen atoms in total. The molecule has 0 bridgehead atoms. The molecule has 0 aliphatic heterocycles. The number of rotatable bonds is 10. The van der Waals surface area contributed by atoms with Gasteiger partial charge in [-0.05, 0) is 0 Å². The molecule has 0 saturated carbocycles. The van der Waals surface area contributed by atoms with Crippen molar-refractivity contribution >= 4 is 35.4 Å². The van der Waals surface area contributed by atoms with Crippen LogP contribution in [0.25, 0.3) is 0 Å². The molecule has 0 unspecified atom stereocenters. The third-order valence-corrected chi connectivity index (χ3v) is 3.42. The van der Waals surface area contributed by atoms with E-state index in [9.17, 15) is 34.4 Å². The van der Waals surface area contributed by atoms with Crippen LogP contribution in [-0.4, -0.2) is 69.4 Å². The zero-order valence-corrected chi connectivity index (χ0v) is 16.2. The predicted octanol–water partition coefficient (Wildman–Crippen LogP) is -1.54. The molecule has 0 spiro atoms. The SMILES string of the molecule is CC(=O)O[C@H]([C@@H](CO)OC(C)=O)[C@@H](CNc1nc(N)[nH]c(=O)c1[N+](=O)[O-])OC(C)=O. The molecule has 0 amide bonds. The molecule has 1 heterocycles. The quantitative estimate of drug-likeness (QED) is 0.143. The first-order valence-corrected chi connectivity index (χ1v) is 8.36. The first kappa shape index (κ1) is 24.3. The van der Waals surface area contributed by atoms with Crippen LogP contribution in [0.4, 0.5) is 17.5 Å². The molecule has 0 fully saturated rings. The van der Waals surface area contributed by atoms with Crippen LogP contribution in [0, 0.1) is 10.1 Å². The van der Waals surface area contributed by atoms with Crippen LogP contribution in [0.15, 0.2) is 4.79 Å². The van der Waals surface area contributed by atoms with Crippen LogP contribution in [0.1, 0.15) is 20.8 Å². The number of aromatic amines is 1. The number of nitrogen functional groups attached to an aromatic ring is 1. The molecule has 166 valence electrons. The monoisotopic (exact) mass is 431 g/mol. The van der Waals surface area contributed by atoms with Gasteiger partial charge in [-0.25, -0.2) is 0 Å². The van der Waals surface area contributed by atoms with E-state index in [0.29, 0.717) is 0 Å². The number of anilines is 2. The highest BCUT2D eigenvalue weighted by Crippen LogP contribution is 2.19. The second-order valence-corrected chi connectivity index (χ2v) is 5.84. The fraction of sp³-hybridized carbons (Fsp3) is 0.533. The van der Waals surface area contributed by atoms with Gasteiger partial charge in [0.15, 0.2) is 18.3 Å². The maximum Gasteiger partial charge on any atom is 0.375 e. The number of hydrogen-bond donors (Lipinski definition) is 4. The summed E-state index contributed by atoms with van der Waals surface area (Å²) >= 11 is 0. The van der Waals surface area contributed by atoms with Crippen LogP contribution in [0.2, 0.25) is 0 Å². The number of nitrogens with one attached hydrogen (secondary N) is 2. The fourth-order valence-corrected chi connectivity index (χ4v) is 2.42. The van der Waals surface area contributed by atoms with E-state index in [1.54, 1.807) is 0 Å². The number of nitrogens with two attached hydrogens (primary N) is 1. The lowest BCUT2D eigenvalue weighted by atomic mass is 10.1. The molecule has 3 atom stereocenters. The van der Waals surface area contributed by atoms with Crippen molar-refractivity contribution in [2.45, 2.75) is 39.1 Å². The third-order valence-electron chi connectivity index (χ3n) is 3.42. The second kappa shape index (κ2) is 10.7. The Hall–Kier alpha value is -3.75. The van der Waals surface area contributed by atoms with Crippen molar-refractivity contribution in [1.82, 2.24) is 9.97 Å². The predicted molar refractivity (Wildman–Crippen MR) is 98.2 cm³/mol. The molecule has 15 heteroatoms. The van der Waals surface area contributed by atoms with Crippen molar-refractivity contribution in [3.8, 4) is 0 Å². The molecule has 1 aromatic rings. The zero-order chi connectivity index (χ0) is 23.0. The number of carbonyl (C=O) groups excluding carboxylic acids is 3. The lowest BCUT2D eigenvalue weighted by Gasteiger charge is -2.31. The molecule has 30 heavy (non-hydrogen) atoms. The standard InChI is InChI=1S/C15H21N5O10/c1-6(22)28-9(12(30-8(3)24)10(5-21)29-7(2)23)4-17-13-11(20(26)27)14(25)19-15(16)18-13/h9-10,12,21H,4-5H2,1-3H3,(H4,16,17,18,19,25)/t9-,10-,12+/m1/s1. The molecule has 5 N–H and O–H groups in total. The van der Waals surface area contributed by atoms with E-state index in [2.05, 4.69) is 10.3 Å². The Morgan fingerprint density at radius 1 is 1.17 bits per heavy atom. The number of aliphatic hydroxyl groups excluding tert-OH is 1. The number of esters is 3. The van der Waals surface area contributed by atoms with Crippen molar-refractivity contribution < 1.29 is 38.6 Å². The van der Waals surface area contributed by atoms with E-state index in [4.69, 9.17) is 19.9 Å². The highest BCUT2D eigenvalue weighted by Gasteiger charge is 2.37. The van der Waals surface area contributed by atoms with Crippen LogP contribution >= 0.6 is 0 Å². The highest BCUT2D eigenvalue weighted by atomic mass is 16.6. The van der Waals surface area contributed by atoms with Crippen LogP contribution in [0.5, 0.6) is 0 Å². The number of carbonyl (C=O) groups is 3. The first-order valence-electron chi connectivity index (χ1n) is 8.36. The van der Waals surface area contributed by atoms with Crippen molar-refractivity contribution in [3.05, 3.63) is 20.5 Å². The van der Waals surface area contributed by atoms with Gasteiger partial charge in [-0.1, -0.05) is 0 Å². The Labute approximate surface area is 168 Å². The Morgan fingerprint density at radius 3 is 2.17 bits per heavy atom. The number of hydrogen-bond acceptors (Lipinski definition) is 13. The molecule has 1 aromatic heterocycles. The van der Waals surface area contributed by atoms with Crippen LogP contribution in [0.3, 0.4) is 0 Å². The Bertz CT molecular complexity index is 870. The summed E-state index contributed by atoms with van der Waals surface area (Å²) in [5.41, 5.74) is 3.29. The number of H-pyrrole nitrogens is 1. The summed E-state index contributed by atoms with van der Waals surface area (Å²) in [5, 5.41) is 23.1. The van der Waals surface area contributed by atoms with Gasteiger partial charge in [0.1, 0.15) is 0 Å². The normalized spacial score (nSPS) is 13.5. The maximum absolute atomic E-state index is 11.8. The summed E-state index contributed by atoms with van der Waals surface area (Å²) in [6, 6.07) is 0. The molecule has 0 saturated heterocycles. The number of aromatic nitrogens is 2. The average Bonchev–Trinajstić information content (AvgIpc) is 2.59.